The lowest BCUT2D eigenvalue weighted by molar-refractivity contribution is -0.132. The number of nitrogens with zero attached hydrogens (tertiary/aromatic N) is 1. The molecule has 0 spiro atoms. The van der Waals surface area contributed by atoms with E-state index in [-0.39, 0.29) is 13.1 Å². The minimum Gasteiger partial charge on any atom is -0.350 e. The number of nitrogens with one attached hydrogen (secondary N) is 1. The molecule has 2 rings (SSSR count). The van der Waals surface area contributed by atoms with Crippen LogP contribution in [0.5, 0.6) is 0 Å². The molecule has 1 atom stereocenters. The molecule has 0 radical (unpaired) electrons. The minimum absolute atomic E-state index is 0.0149. The zero-order valence-electron chi connectivity index (χ0n) is 9.94. The maximum absolute atomic E-state index is 13.6. The van der Waals surface area contributed by atoms with Gasteiger partial charge in [-0.1, -0.05) is 6.07 Å². The molecule has 0 saturated carbocycles. The summed E-state index contributed by atoms with van der Waals surface area (Å²) < 4.78 is 13.6. The Bertz CT molecular complexity index is 504. The molecule has 18 heavy (non-hydrogen) atoms. The molecule has 5 nitrogen and oxygen atoms in total. The SMILES string of the molecule is CC1C(=O)NC(=O)CN1c1cccc(F)c1CN. The maximum Gasteiger partial charge on any atom is 0.249 e. The number of amides is 2. The first-order chi connectivity index (χ1) is 8.54. The zero-order valence-corrected chi connectivity index (χ0v) is 9.94. The number of hydrogen-bond donors (Lipinski definition) is 2. The molecule has 1 aliphatic heterocycles. The topological polar surface area (TPSA) is 75.4 Å². The van der Waals surface area contributed by atoms with E-state index in [0.717, 1.165) is 0 Å². The molecule has 1 heterocycles. The zero-order chi connectivity index (χ0) is 13.3. The summed E-state index contributed by atoms with van der Waals surface area (Å²) in [5, 5.41) is 2.24. The number of piperazine rings is 1. The summed E-state index contributed by atoms with van der Waals surface area (Å²) in [4.78, 5) is 24.5. The smallest absolute Gasteiger partial charge is 0.249 e. The number of rotatable bonds is 2. The fourth-order valence-corrected chi connectivity index (χ4v) is 2.03. The molecular formula is C12H14FN3O2. The van der Waals surface area contributed by atoms with Crippen molar-refractivity contribution in [2.45, 2.75) is 19.5 Å². The summed E-state index contributed by atoms with van der Waals surface area (Å²) >= 11 is 0. The Morgan fingerprint density at radius 1 is 1.50 bits per heavy atom. The summed E-state index contributed by atoms with van der Waals surface area (Å²) in [7, 11) is 0. The minimum atomic E-state index is -0.533. The van der Waals surface area contributed by atoms with Crippen molar-refractivity contribution in [3.8, 4) is 0 Å². The van der Waals surface area contributed by atoms with Gasteiger partial charge in [0, 0.05) is 17.8 Å². The number of carbonyl (C=O) groups excluding carboxylic acids is 2. The van der Waals surface area contributed by atoms with Crippen molar-refractivity contribution < 1.29 is 14.0 Å². The van der Waals surface area contributed by atoms with Gasteiger partial charge in [-0.15, -0.1) is 0 Å². The van der Waals surface area contributed by atoms with Crippen LogP contribution in [0.1, 0.15) is 12.5 Å². The Morgan fingerprint density at radius 2 is 2.22 bits per heavy atom. The van der Waals surface area contributed by atoms with Crippen LogP contribution in [-0.2, 0) is 16.1 Å². The van der Waals surface area contributed by atoms with Crippen molar-refractivity contribution in [3.05, 3.63) is 29.6 Å². The van der Waals surface area contributed by atoms with Crippen molar-refractivity contribution in [3.63, 3.8) is 0 Å². The summed E-state index contributed by atoms with van der Waals surface area (Å²) in [6, 6.07) is 3.97. The Kier molecular flexibility index (Phi) is 3.29. The van der Waals surface area contributed by atoms with Gasteiger partial charge in [0.25, 0.3) is 0 Å². The molecule has 1 saturated heterocycles. The molecule has 1 aromatic rings. The molecule has 0 aliphatic carbocycles. The lowest BCUT2D eigenvalue weighted by Gasteiger charge is -2.34. The van der Waals surface area contributed by atoms with Crippen molar-refractivity contribution >= 4 is 17.5 Å². The van der Waals surface area contributed by atoms with Crippen LogP contribution < -0.4 is 16.0 Å². The largest absolute Gasteiger partial charge is 0.350 e. The van der Waals surface area contributed by atoms with Crippen molar-refractivity contribution in [1.29, 1.82) is 0 Å². The van der Waals surface area contributed by atoms with Gasteiger partial charge in [0.15, 0.2) is 0 Å². The lowest BCUT2D eigenvalue weighted by atomic mass is 10.1. The standard InChI is InChI=1S/C12H14FN3O2/c1-7-12(18)15-11(17)6-16(7)10-4-2-3-9(13)8(10)5-14/h2-4,7H,5-6,14H2,1H3,(H,15,17,18). The number of anilines is 1. The van der Waals surface area contributed by atoms with Crippen LogP contribution in [0.25, 0.3) is 0 Å². The number of carbonyl (C=O) groups is 2. The monoisotopic (exact) mass is 251 g/mol. The van der Waals surface area contributed by atoms with E-state index >= 15 is 0 Å². The Hall–Kier alpha value is -1.95. The predicted octanol–water partition coefficient (Wildman–Crippen LogP) is 0.136. The van der Waals surface area contributed by atoms with E-state index in [4.69, 9.17) is 5.73 Å². The maximum atomic E-state index is 13.6. The molecule has 1 aliphatic rings. The third-order valence-electron chi connectivity index (χ3n) is 3.03. The summed E-state index contributed by atoms with van der Waals surface area (Å²) in [6.07, 6.45) is 0. The van der Waals surface area contributed by atoms with Crippen LogP contribution >= 0.6 is 0 Å². The molecule has 96 valence electrons. The van der Waals surface area contributed by atoms with Gasteiger partial charge in [-0.05, 0) is 19.1 Å². The highest BCUT2D eigenvalue weighted by Gasteiger charge is 2.31. The molecule has 0 bridgehead atoms. The van der Waals surface area contributed by atoms with Crippen LogP contribution in [0.4, 0.5) is 10.1 Å². The third kappa shape index (κ3) is 2.06. The van der Waals surface area contributed by atoms with E-state index in [9.17, 15) is 14.0 Å². The van der Waals surface area contributed by atoms with Gasteiger partial charge < -0.3 is 10.6 Å². The Balaban J connectivity index is 2.44. The molecular weight excluding hydrogens is 237 g/mol. The average molecular weight is 251 g/mol. The van der Waals surface area contributed by atoms with Gasteiger partial charge >= 0.3 is 0 Å². The lowest BCUT2D eigenvalue weighted by Crippen LogP contribution is -2.57. The third-order valence-corrected chi connectivity index (χ3v) is 3.03. The van der Waals surface area contributed by atoms with Crippen LogP contribution in [0.3, 0.4) is 0 Å². The average Bonchev–Trinajstić information content (AvgIpc) is 2.33. The van der Waals surface area contributed by atoms with E-state index in [1.807, 2.05) is 0 Å². The molecule has 1 fully saturated rings. The molecule has 6 heteroatoms. The second-order valence-electron chi connectivity index (χ2n) is 4.16. The van der Waals surface area contributed by atoms with E-state index in [0.29, 0.717) is 11.3 Å². The van der Waals surface area contributed by atoms with Gasteiger partial charge in [0.05, 0.1) is 6.54 Å². The summed E-state index contributed by atoms with van der Waals surface area (Å²) in [5.74, 6) is -1.22. The van der Waals surface area contributed by atoms with Gasteiger partial charge in [-0.25, -0.2) is 4.39 Å². The number of imide groups is 1. The first-order valence-corrected chi connectivity index (χ1v) is 5.62. The van der Waals surface area contributed by atoms with Crippen molar-refractivity contribution in [1.82, 2.24) is 5.32 Å². The highest BCUT2D eigenvalue weighted by Crippen LogP contribution is 2.25. The molecule has 2 amide bonds. The molecule has 3 N–H and O–H groups in total. The van der Waals surface area contributed by atoms with Gasteiger partial charge in [0.1, 0.15) is 11.9 Å². The Morgan fingerprint density at radius 3 is 2.89 bits per heavy atom. The van der Waals surface area contributed by atoms with E-state index in [1.165, 1.54) is 12.1 Å². The fraction of sp³-hybridized carbons (Fsp3) is 0.333. The van der Waals surface area contributed by atoms with E-state index < -0.39 is 23.7 Å². The van der Waals surface area contributed by atoms with Crippen molar-refractivity contribution in [2.75, 3.05) is 11.4 Å². The first kappa shape index (κ1) is 12.5. The number of halogens is 1. The van der Waals surface area contributed by atoms with Crippen molar-refractivity contribution in [2.24, 2.45) is 5.73 Å². The number of benzene rings is 1. The Labute approximate surface area is 104 Å². The van der Waals surface area contributed by atoms with Gasteiger partial charge in [-0.3, -0.25) is 14.9 Å². The molecule has 1 unspecified atom stereocenters. The highest BCUT2D eigenvalue weighted by molar-refractivity contribution is 6.04. The second kappa shape index (κ2) is 4.73. The van der Waals surface area contributed by atoms with Crippen LogP contribution in [-0.4, -0.2) is 24.4 Å². The number of nitrogens with two attached hydrogens (primary N) is 1. The fourth-order valence-electron chi connectivity index (χ4n) is 2.03. The first-order valence-electron chi connectivity index (χ1n) is 5.62. The van der Waals surface area contributed by atoms with Gasteiger partial charge in [0.2, 0.25) is 11.8 Å². The van der Waals surface area contributed by atoms with Crippen LogP contribution in [0.15, 0.2) is 18.2 Å². The second-order valence-corrected chi connectivity index (χ2v) is 4.16. The normalized spacial score (nSPS) is 19.9. The van der Waals surface area contributed by atoms with E-state index in [1.54, 1.807) is 17.9 Å². The molecule has 1 aromatic carbocycles. The van der Waals surface area contributed by atoms with E-state index in [2.05, 4.69) is 5.32 Å². The quantitative estimate of drug-likeness (QED) is 0.733. The number of hydrogen-bond acceptors (Lipinski definition) is 4. The summed E-state index contributed by atoms with van der Waals surface area (Å²) in [5.41, 5.74) is 6.33. The summed E-state index contributed by atoms with van der Waals surface area (Å²) in [6.45, 7) is 1.69. The highest BCUT2D eigenvalue weighted by atomic mass is 19.1. The van der Waals surface area contributed by atoms with Crippen LogP contribution in [0.2, 0.25) is 0 Å². The van der Waals surface area contributed by atoms with Gasteiger partial charge in [-0.2, -0.15) is 0 Å². The predicted molar refractivity (Wildman–Crippen MR) is 64.2 cm³/mol. The molecule has 0 aromatic heterocycles. The van der Waals surface area contributed by atoms with Crippen LogP contribution in [0, 0.1) is 5.82 Å².